The van der Waals surface area contributed by atoms with Crippen LogP contribution in [0, 0.1) is 6.92 Å². The van der Waals surface area contributed by atoms with Gasteiger partial charge in [0.05, 0.1) is 10.7 Å². The van der Waals surface area contributed by atoms with E-state index in [2.05, 4.69) is 31.1 Å². The summed E-state index contributed by atoms with van der Waals surface area (Å²) in [5.74, 6) is 0.252. The van der Waals surface area contributed by atoms with E-state index >= 15 is 0 Å². The minimum atomic E-state index is 0.0809. The van der Waals surface area contributed by atoms with Crippen LogP contribution in [0.4, 0.5) is 0 Å². The average Bonchev–Trinajstić information content (AvgIpc) is 2.48. The van der Waals surface area contributed by atoms with E-state index in [0.717, 1.165) is 17.2 Å². The molecule has 1 aromatic rings. The number of aromatic nitrogens is 1. The van der Waals surface area contributed by atoms with Gasteiger partial charge in [-0.15, -0.1) is 11.3 Å². The Bertz CT molecular complexity index is 352. The van der Waals surface area contributed by atoms with Gasteiger partial charge < -0.3 is 5.32 Å². The lowest BCUT2D eigenvalue weighted by molar-refractivity contribution is -0.118. The van der Waals surface area contributed by atoms with Crippen molar-refractivity contribution in [1.82, 2.24) is 10.3 Å². The summed E-state index contributed by atoms with van der Waals surface area (Å²) >= 11 is 1.60. The summed E-state index contributed by atoms with van der Waals surface area (Å²) in [6.45, 7) is 9.00. The van der Waals surface area contributed by atoms with Gasteiger partial charge in [0.25, 0.3) is 0 Å². The van der Waals surface area contributed by atoms with Crippen molar-refractivity contribution >= 4 is 17.1 Å². The molecule has 0 saturated heterocycles. The molecule has 0 saturated carbocycles. The highest BCUT2D eigenvalue weighted by molar-refractivity contribution is 7.09. The molecule has 1 N–H and O–H groups in total. The van der Waals surface area contributed by atoms with E-state index in [9.17, 15) is 4.79 Å². The fourth-order valence-electron chi connectivity index (χ4n) is 1.36. The van der Waals surface area contributed by atoms with Crippen molar-refractivity contribution in [3.63, 3.8) is 0 Å². The van der Waals surface area contributed by atoms with Crippen LogP contribution in [0.2, 0.25) is 0 Å². The molecule has 0 unspecified atom stereocenters. The molecule has 0 spiro atoms. The summed E-state index contributed by atoms with van der Waals surface area (Å²) in [6.07, 6.45) is 1.05. The van der Waals surface area contributed by atoms with Crippen LogP contribution >= 0.6 is 11.3 Å². The van der Waals surface area contributed by atoms with Gasteiger partial charge in [-0.05, 0) is 27.7 Å². The molecule has 16 heavy (non-hydrogen) atoms. The normalized spacial score (nSPS) is 11.8. The van der Waals surface area contributed by atoms with Crippen molar-refractivity contribution in [2.45, 2.75) is 46.1 Å². The average molecular weight is 240 g/mol. The molecule has 3 nitrogen and oxygen atoms in total. The zero-order chi connectivity index (χ0) is 12.2. The van der Waals surface area contributed by atoms with E-state index < -0.39 is 0 Å². The summed E-state index contributed by atoms with van der Waals surface area (Å²) in [5.41, 5.74) is 0.987. The van der Waals surface area contributed by atoms with Crippen molar-refractivity contribution in [3.8, 4) is 0 Å². The number of carbonyl (C=O) groups excluding carboxylic acids is 1. The van der Waals surface area contributed by atoms with Crippen molar-refractivity contribution in [2.75, 3.05) is 6.54 Å². The number of carbonyl (C=O) groups is 1. The van der Waals surface area contributed by atoms with Crippen LogP contribution in [-0.2, 0) is 11.2 Å². The second-order valence-corrected chi connectivity index (χ2v) is 6.06. The molecule has 0 aliphatic rings. The molecule has 1 rings (SSSR count). The van der Waals surface area contributed by atoms with Crippen LogP contribution in [0.3, 0.4) is 0 Å². The van der Waals surface area contributed by atoms with Gasteiger partial charge in [-0.25, -0.2) is 4.98 Å². The first kappa shape index (κ1) is 13.3. The van der Waals surface area contributed by atoms with Crippen molar-refractivity contribution in [3.05, 3.63) is 16.1 Å². The fraction of sp³-hybridized carbons (Fsp3) is 0.667. The van der Waals surface area contributed by atoms with Crippen LogP contribution in [0.15, 0.2) is 5.38 Å². The summed E-state index contributed by atoms with van der Waals surface area (Å²) < 4.78 is 0. The molecule has 0 amide bonds. The first-order chi connectivity index (χ1) is 7.37. The predicted molar refractivity (Wildman–Crippen MR) is 67.9 cm³/mol. The summed E-state index contributed by atoms with van der Waals surface area (Å²) in [7, 11) is 0. The molecule has 4 heteroatoms. The van der Waals surface area contributed by atoms with E-state index in [1.807, 2.05) is 12.3 Å². The van der Waals surface area contributed by atoms with E-state index in [0.29, 0.717) is 12.8 Å². The number of aryl methyl sites for hydroxylation is 1. The van der Waals surface area contributed by atoms with Gasteiger partial charge in [-0.3, -0.25) is 4.79 Å². The maximum atomic E-state index is 11.6. The minimum Gasteiger partial charge on any atom is -0.312 e. The second kappa shape index (κ2) is 5.55. The monoisotopic (exact) mass is 240 g/mol. The number of nitrogens with one attached hydrogen (secondary N) is 1. The highest BCUT2D eigenvalue weighted by atomic mass is 32.1. The number of hydrogen-bond donors (Lipinski definition) is 1. The van der Waals surface area contributed by atoms with Gasteiger partial charge >= 0.3 is 0 Å². The Morgan fingerprint density at radius 2 is 2.19 bits per heavy atom. The molecule has 0 fully saturated rings. The van der Waals surface area contributed by atoms with Crippen LogP contribution < -0.4 is 5.32 Å². The first-order valence-electron chi connectivity index (χ1n) is 5.54. The van der Waals surface area contributed by atoms with Gasteiger partial charge in [0.15, 0.2) is 0 Å². The van der Waals surface area contributed by atoms with Crippen molar-refractivity contribution in [2.24, 2.45) is 0 Å². The number of Topliss-reactive ketones (excluding diaryl/α,β-unsaturated/α-hetero) is 1. The number of rotatable bonds is 5. The Morgan fingerprint density at radius 3 is 2.69 bits per heavy atom. The molecule has 1 aromatic heterocycles. The summed E-state index contributed by atoms with van der Waals surface area (Å²) in [4.78, 5) is 15.9. The molecule has 0 aromatic carbocycles. The molecule has 0 aliphatic heterocycles. The van der Waals surface area contributed by atoms with Crippen LogP contribution in [0.1, 0.15) is 37.9 Å². The molecular formula is C12H20N2OS. The van der Waals surface area contributed by atoms with E-state index in [4.69, 9.17) is 0 Å². The Labute approximate surface area is 101 Å². The Kier molecular flexibility index (Phi) is 4.62. The lowest BCUT2D eigenvalue weighted by atomic mass is 10.1. The highest BCUT2D eigenvalue weighted by Crippen LogP contribution is 2.09. The highest BCUT2D eigenvalue weighted by Gasteiger charge is 2.10. The quantitative estimate of drug-likeness (QED) is 0.859. The maximum Gasteiger partial charge on any atom is 0.140 e. The largest absolute Gasteiger partial charge is 0.312 e. The number of nitrogens with zero attached hydrogens (tertiary/aromatic N) is 1. The Morgan fingerprint density at radius 1 is 1.50 bits per heavy atom. The van der Waals surface area contributed by atoms with Crippen LogP contribution in [0.5, 0.6) is 0 Å². The van der Waals surface area contributed by atoms with Gasteiger partial charge in [-0.2, -0.15) is 0 Å². The topological polar surface area (TPSA) is 42.0 Å². The van der Waals surface area contributed by atoms with Crippen LogP contribution in [-0.4, -0.2) is 22.9 Å². The Balaban J connectivity index is 2.26. The number of thiazole rings is 1. The third kappa shape index (κ3) is 5.37. The van der Waals surface area contributed by atoms with Gasteiger partial charge in [-0.1, -0.05) is 0 Å². The fourth-order valence-corrected chi connectivity index (χ4v) is 1.97. The lowest BCUT2D eigenvalue weighted by Crippen LogP contribution is -2.37. The molecule has 0 radical (unpaired) electrons. The zero-order valence-corrected chi connectivity index (χ0v) is 11.3. The SMILES string of the molecule is Cc1nc(CC(=O)CCNC(C)(C)C)cs1. The third-order valence-corrected chi connectivity index (χ3v) is 2.93. The van der Waals surface area contributed by atoms with Crippen molar-refractivity contribution < 1.29 is 4.79 Å². The van der Waals surface area contributed by atoms with E-state index in [-0.39, 0.29) is 11.3 Å². The van der Waals surface area contributed by atoms with Gasteiger partial charge in [0.1, 0.15) is 5.78 Å². The zero-order valence-electron chi connectivity index (χ0n) is 10.5. The third-order valence-electron chi connectivity index (χ3n) is 2.10. The first-order valence-corrected chi connectivity index (χ1v) is 6.42. The summed E-state index contributed by atoms with van der Waals surface area (Å²) in [5, 5.41) is 6.29. The molecule has 0 atom stereocenters. The number of hydrogen-bond acceptors (Lipinski definition) is 4. The minimum absolute atomic E-state index is 0.0809. The number of ketones is 1. The molecule has 0 bridgehead atoms. The smallest absolute Gasteiger partial charge is 0.140 e. The summed E-state index contributed by atoms with van der Waals surface area (Å²) in [6, 6.07) is 0. The maximum absolute atomic E-state index is 11.6. The molecule has 0 aliphatic carbocycles. The molecule has 1 heterocycles. The standard InChI is InChI=1S/C12H20N2OS/c1-9-14-10(8-16-9)7-11(15)5-6-13-12(2,3)4/h8,13H,5-7H2,1-4H3. The van der Waals surface area contributed by atoms with Gasteiger partial charge in [0.2, 0.25) is 0 Å². The molecular weight excluding hydrogens is 220 g/mol. The van der Waals surface area contributed by atoms with Crippen LogP contribution in [0.25, 0.3) is 0 Å². The molecule has 90 valence electrons. The Hall–Kier alpha value is -0.740. The second-order valence-electron chi connectivity index (χ2n) is 5.00. The van der Waals surface area contributed by atoms with Gasteiger partial charge in [0, 0.05) is 30.3 Å². The van der Waals surface area contributed by atoms with Crippen molar-refractivity contribution in [1.29, 1.82) is 0 Å². The lowest BCUT2D eigenvalue weighted by Gasteiger charge is -2.19. The predicted octanol–water partition coefficient (Wildman–Crippen LogP) is 2.34. The van der Waals surface area contributed by atoms with E-state index in [1.165, 1.54) is 0 Å². The van der Waals surface area contributed by atoms with E-state index in [1.54, 1.807) is 11.3 Å².